The van der Waals surface area contributed by atoms with Crippen molar-refractivity contribution in [3.63, 3.8) is 0 Å². The third-order valence-corrected chi connectivity index (χ3v) is 2.59. The fourth-order valence-electron chi connectivity index (χ4n) is 1.65. The van der Waals surface area contributed by atoms with Gasteiger partial charge < -0.3 is 4.74 Å². The van der Waals surface area contributed by atoms with Crippen LogP contribution in [0.4, 0.5) is 13.2 Å². The van der Waals surface area contributed by atoms with Crippen molar-refractivity contribution in [2.75, 3.05) is 0 Å². The third-order valence-electron chi connectivity index (χ3n) is 2.38. The maximum Gasteiger partial charge on any atom is 0.573 e. The van der Waals surface area contributed by atoms with Crippen molar-refractivity contribution in [1.82, 2.24) is 4.98 Å². The monoisotopic (exact) mass is 301 g/mol. The van der Waals surface area contributed by atoms with Gasteiger partial charge in [0.2, 0.25) is 0 Å². The average Bonchev–Trinajstić information content (AvgIpc) is 2.38. The van der Waals surface area contributed by atoms with E-state index in [9.17, 15) is 18.0 Å². The Hall–Kier alpha value is -2.08. The molecule has 7 heteroatoms. The number of carbonyl (C=O) groups excluding carboxylic acids is 1. The Kier molecular flexibility index (Phi) is 3.94. The van der Waals surface area contributed by atoms with Crippen molar-refractivity contribution in [1.29, 1.82) is 0 Å². The summed E-state index contributed by atoms with van der Waals surface area (Å²) in [5.41, 5.74) is 0.212. The molecule has 1 aromatic carbocycles. The number of carbonyl (C=O) groups is 1. The molecule has 1 aromatic heterocycles. The number of halogens is 4. The number of rotatable bonds is 3. The van der Waals surface area contributed by atoms with Gasteiger partial charge >= 0.3 is 6.36 Å². The molecule has 20 heavy (non-hydrogen) atoms. The maximum atomic E-state index is 12.4. The Morgan fingerprint density at radius 3 is 2.60 bits per heavy atom. The summed E-state index contributed by atoms with van der Waals surface area (Å²) in [5.74, 6) is -0.432. The first kappa shape index (κ1) is 14.3. The van der Waals surface area contributed by atoms with Gasteiger partial charge in [0.05, 0.1) is 10.7 Å². The lowest BCUT2D eigenvalue weighted by molar-refractivity contribution is -0.274. The van der Waals surface area contributed by atoms with Crippen molar-refractivity contribution >= 4 is 17.9 Å². The lowest BCUT2D eigenvalue weighted by Gasteiger charge is -2.13. The van der Waals surface area contributed by atoms with Gasteiger partial charge in [0.15, 0.2) is 6.29 Å². The highest BCUT2D eigenvalue weighted by Gasteiger charge is 2.32. The summed E-state index contributed by atoms with van der Waals surface area (Å²) in [6, 6.07) is 6.75. The summed E-state index contributed by atoms with van der Waals surface area (Å²) in [5, 5.41) is 0.213. The average molecular weight is 302 g/mol. The molecule has 104 valence electrons. The second-order valence-corrected chi connectivity index (χ2v) is 4.19. The van der Waals surface area contributed by atoms with Crippen molar-refractivity contribution in [2.45, 2.75) is 6.36 Å². The number of pyridine rings is 1. The van der Waals surface area contributed by atoms with Crippen molar-refractivity contribution < 1.29 is 22.7 Å². The molecule has 0 unspecified atom stereocenters. The van der Waals surface area contributed by atoms with E-state index in [2.05, 4.69) is 9.72 Å². The third kappa shape index (κ3) is 3.27. The molecule has 0 radical (unpaired) electrons. The van der Waals surface area contributed by atoms with Crippen LogP contribution in [0.3, 0.4) is 0 Å². The van der Waals surface area contributed by atoms with Crippen LogP contribution in [0.25, 0.3) is 11.3 Å². The fourth-order valence-corrected chi connectivity index (χ4v) is 1.81. The number of benzene rings is 1. The molecule has 0 saturated heterocycles. The van der Waals surface area contributed by atoms with Gasteiger partial charge in [-0.1, -0.05) is 23.7 Å². The first-order valence-electron chi connectivity index (χ1n) is 5.36. The van der Waals surface area contributed by atoms with E-state index in [1.807, 2.05) is 0 Å². The highest BCUT2D eigenvalue weighted by Crippen LogP contribution is 2.34. The molecular weight excluding hydrogens is 295 g/mol. The maximum absolute atomic E-state index is 12.4. The molecular formula is C13H7ClF3NO2. The SMILES string of the molecule is O=Cc1cc(Cl)cnc1-c1ccccc1OC(F)(F)F. The number of ether oxygens (including phenoxy) is 1. The van der Waals surface area contributed by atoms with Crippen molar-refractivity contribution in [3.8, 4) is 17.0 Å². The predicted octanol–water partition coefficient (Wildman–Crippen LogP) is 4.11. The zero-order valence-electron chi connectivity index (χ0n) is 9.82. The molecule has 2 aromatic rings. The van der Waals surface area contributed by atoms with E-state index in [1.165, 1.54) is 30.5 Å². The predicted molar refractivity (Wildman–Crippen MR) is 66.8 cm³/mol. The number of hydrogen-bond donors (Lipinski definition) is 0. The molecule has 0 atom stereocenters. The largest absolute Gasteiger partial charge is 0.573 e. The van der Waals surface area contributed by atoms with E-state index in [4.69, 9.17) is 11.6 Å². The van der Waals surface area contributed by atoms with Gasteiger partial charge in [-0.2, -0.15) is 0 Å². The zero-order chi connectivity index (χ0) is 14.8. The molecule has 1 heterocycles. The number of nitrogens with zero attached hydrogens (tertiary/aromatic N) is 1. The second kappa shape index (κ2) is 5.50. The first-order valence-corrected chi connectivity index (χ1v) is 5.74. The molecule has 0 bridgehead atoms. The van der Waals surface area contributed by atoms with Crippen LogP contribution in [0.2, 0.25) is 5.02 Å². The van der Waals surface area contributed by atoms with Crippen LogP contribution in [0, 0.1) is 0 Å². The Labute approximate surface area is 117 Å². The van der Waals surface area contributed by atoms with Gasteiger partial charge in [-0.25, -0.2) is 0 Å². The van der Waals surface area contributed by atoms with E-state index in [0.717, 1.165) is 6.07 Å². The van der Waals surface area contributed by atoms with Gasteiger partial charge in [-0.3, -0.25) is 9.78 Å². The van der Waals surface area contributed by atoms with Crippen LogP contribution in [0.5, 0.6) is 5.75 Å². The smallest absolute Gasteiger partial charge is 0.405 e. The van der Waals surface area contributed by atoms with Crippen LogP contribution < -0.4 is 4.74 Å². The van der Waals surface area contributed by atoms with E-state index >= 15 is 0 Å². The summed E-state index contributed by atoms with van der Waals surface area (Å²) >= 11 is 5.70. The molecule has 0 saturated carbocycles. The molecule has 0 N–H and O–H groups in total. The minimum absolute atomic E-state index is 0.0589. The van der Waals surface area contributed by atoms with E-state index in [0.29, 0.717) is 6.29 Å². The summed E-state index contributed by atoms with van der Waals surface area (Å²) in [4.78, 5) is 14.9. The highest BCUT2D eigenvalue weighted by molar-refractivity contribution is 6.30. The zero-order valence-corrected chi connectivity index (χ0v) is 10.6. The lowest BCUT2D eigenvalue weighted by Crippen LogP contribution is -2.17. The van der Waals surface area contributed by atoms with E-state index < -0.39 is 12.1 Å². The second-order valence-electron chi connectivity index (χ2n) is 3.75. The van der Waals surface area contributed by atoms with E-state index in [1.54, 1.807) is 0 Å². The number of aromatic nitrogens is 1. The standard InChI is InChI=1S/C13H7ClF3NO2/c14-9-5-8(7-19)12(18-6-9)10-3-1-2-4-11(10)20-13(15,16)17/h1-7H. The van der Waals surface area contributed by atoms with E-state index in [-0.39, 0.29) is 21.8 Å². The summed E-state index contributed by atoms with van der Waals surface area (Å²) in [7, 11) is 0. The summed E-state index contributed by atoms with van der Waals surface area (Å²) in [6.07, 6.45) is -3.11. The molecule has 2 rings (SSSR count). The normalized spacial score (nSPS) is 11.2. The van der Waals surface area contributed by atoms with Gasteiger partial charge in [0, 0.05) is 17.3 Å². The molecule has 0 spiro atoms. The van der Waals surface area contributed by atoms with Crippen molar-refractivity contribution in [3.05, 3.63) is 47.1 Å². The van der Waals surface area contributed by atoms with Gasteiger partial charge in [-0.15, -0.1) is 13.2 Å². The summed E-state index contributed by atoms with van der Waals surface area (Å²) in [6.45, 7) is 0. The number of aldehydes is 1. The Bertz CT molecular complexity index is 644. The molecule has 3 nitrogen and oxygen atoms in total. The highest BCUT2D eigenvalue weighted by atomic mass is 35.5. The van der Waals surface area contributed by atoms with Crippen LogP contribution in [-0.2, 0) is 0 Å². The number of para-hydroxylation sites is 1. The quantitative estimate of drug-likeness (QED) is 0.801. The van der Waals surface area contributed by atoms with Crippen LogP contribution >= 0.6 is 11.6 Å². The minimum atomic E-state index is -4.83. The lowest BCUT2D eigenvalue weighted by atomic mass is 10.1. The van der Waals surface area contributed by atoms with Crippen LogP contribution in [-0.4, -0.2) is 17.6 Å². The summed E-state index contributed by atoms with van der Waals surface area (Å²) < 4.78 is 41.0. The van der Waals surface area contributed by atoms with Crippen molar-refractivity contribution in [2.24, 2.45) is 0 Å². The van der Waals surface area contributed by atoms with Gasteiger partial charge in [0.25, 0.3) is 0 Å². The Balaban J connectivity index is 2.56. The fraction of sp³-hybridized carbons (Fsp3) is 0.0769. The van der Waals surface area contributed by atoms with Gasteiger partial charge in [-0.05, 0) is 18.2 Å². The molecule has 0 amide bonds. The van der Waals surface area contributed by atoms with Crippen LogP contribution in [0.1, 0.15) is 10.4 Å². The first-order chi connectivity index (χ1) is 9.40. The van der Waals surface area contributed by atoms with Gasteiger partial charge in [0.1, 0.15) is 5.75 Å². The Morgan fingerprint density at radius 1 is 1.25 bits per heavy atom. The molecule has 0 aliphatic heterocycles. The number of alkyl halides is 3. The van der Waals surface area contributed by atoms with Crippen LogP contribution in [0.15, 0.2) is 36.5 Å². The number of hydrogen-bond acceptors (Lipinski definition) is 3. The Morgan fingerprint density at radius 2 is 1.95 bits per heavy atom. The minimum Gasteiger partial charge on any atom is -0.405 e. The molecule has 0 aliphatic rings. The topological polar surface area (TPSA) is 39.2 Å². The molecule has 0 fully saturated rings. The molecule has 0 aliphatic carbocycles.